The van der Waals surface area contributed by atoms with Crippen LogP contribution >= 0.6 is 0 Å². The molecule has 0 aliphatic carbocycles. The van der Waals surface area contributed by atoms with Gasteiger partial charge in [0.25, 0.3) is 0 Å². The molecular weight excluding hydrogens is 240 g/mol. The summed E-state index contributed by atoms with van der Waals surface area (Å²) in [6.07, 6.45) is 1.55. The Hall–Kier alpha value is -2.56. The van der Waals surface area contributed by atoms with Crippen LogP contribution in [0.2, 0.25) is 0 Å². The van der Waals surface area contributed by atoms with Crippen molar-refractivity contribution in [2.24, 2.45) is 5.73 Å². The van der Waals surface area contributed by atoms with Crippen LogP contribution in [0.4, 0.5) is 11.5 Å². The highest BCUT2D eigenvalue weighted by atomic mass is 16.1. The summed E-state index contributed by atoms with van der Waals surface area (Å²) in [5.74, 6) is 0.115. The van der Waals surface area contributed by atoms with Gasteiger partial charge >= 0.3 is 0 Å². The Labute approximate surface area is 111 Å². The molecule has 0 spiro atoms. The highest BCUT2D eigenvalue weighted by Gasteiger charge is 2.10. The van der Waals surface area contributed by atoms with E-state index in [0.29, 0.717) is 17.1 Å². The van der Waals surface area contributed by atoms with Gasteiger partial charge in [0, 0.05) is 17.4 Å². The fourth-order valence-corrected chi connectivity index (χ4v) is 1.87. The fourth-order valence-electron chi connectivity index (χ4n) is 1.87. The van der Waals surface area contributed by atoms with Crippen molar-refractivity contribution in [3.05, 3.63) is 53.7 Å². The van der Waals surface area contributed by atoms with Crippen LogP contribution in [0.15, 0.2) is 42.6 Å². The molecule has 1 aromatic heterocycles. The van der Waals surface area contributed by atoms with E-state index in [4.69, 9.17) is 11.5 Å². The minimum atomic E-state index is -0.475. The standard InChI is InChI=1S/C14H16N4O/c1-9(11-4-2-3-5-12(11)15)18-13-8-10(14(16)19)6-7-17-13/h2-9H,15H2,1H3,(H2,16,19)(H,17,18). The van der Waals surface area contributed by atoms with Gasteiger partial charge in [-0.2, -0.15) is 0 Å². The summed E-state index contributed by atoms with van der Waals surface area (Å²) in [4.78, 5) is 15.3. The van der Waals surface area contributed by atoms with Crippen molar-refractivity contribution < 1.29 is 4.79 Å². The second-order valence-corrected chi connectivity index (χ2v) is 4.29. The third-order valence-electron chi connectivity index (χ3n) is 2.87. The summed E-state index contributed by atoms with van der Waals surface area (Å²) in [5, 5.41) is 3.20. The molecule has 0 saturated heterocycles. The number of carbonyl (C=O) groups excluding carboxylic acids is 1. The lowest BCUT2D eigenvalue weighted by molar-refractivity contribution is 0.1000. The van der Waals surface area contributed by atoms with Crippen molar-refractivity contribution in [1.82, 2.24) is 4.98 Å². The van der Waals surface area contributed by atoms with Crippen LogP contribution in [0.1, 0.15) is 28.9 Å². The van der Waals surface area contributed by atoms with E-state index in [1.54, 1.807) is 18.3 Å². The van der Waals surface area contributed by atoms with Crippen LogP contribution in [0, 0.1) is 0 Å². The fraction of sp³-hybridized carbons (Fsp3) is 0.143. The van der Waals surface area contributed by atoms with Crippen molar-refractivity contribution in [3.8, 4) is 0 Å². The van der Waals surface area contributed by atoms with Gasteiger partial charge in [0.2, 0.25) is 5.91 Å². The number of carbonyl (C=O) groups is 1. The maximum atomic E-state index is 11.1. The van der Waals surface area contributed by atoms with Gasteiger partial charge in [0.15, 0.2) is 0 Å². The molecule has 5 nitrogen and oxygen atoms in total. The van der Waals surface area contributed by atoms with Crippen LogP contribution in [0.5, 0.6) is 0 Å². The Morgan fingerprint density at radius 3 is 2.74 bits per heavy atom. The number of nitrogens with one attached hydrogen (secondary N) is 1. The first-order valence-corrected chi connectivity index (χ1v) is 5.94. The molecule has 0 bridgehead atoms. The third kappa shape index (κ3) is 3.01. The van der Waals surface area contributed by atoms with Crippen molar-refractivity contribution in [3.63, 3.8) is 0 Å². The Balaban J connectivity index is 2.19. The number of amides is 1. The number of anilines is 2. The van der Waals surface area contributed by atoms with Gasteiger partial charge in [0.1, 0.15) is 5.82 Å². The monoisotopic (exact) mass is 256 g/mol. The highest BCUT2D eigenvalue weighted by Crippen LogP contribution is 2.23. The predicted octanol–water partition coefficient (Wildman–Crippen LogP) is 1.94. The van der Waals surface area contributed by atoms with E-state index in [9.17, 15) is 4.79 Å². The van der Waals surface area contributed by atoms with Crippen LogP contribution in [0.3, 0.4) is 0 Å². The van der Waals surface area contributed by atoms with E-state index < -0.39 is 5.91 Å². The molecule has 5 heteroatoms. The van der Waals surface area contributed by atoms with Gasteiger partial charge in [0.05, 0.1) is 6.04 Å². The second-order valence-electron chi connectivity index (χ2n) is 4.29. The van der Waals surface area contributed by atoms with Crippen LogP contribution in [-0.4, -0.2) is 10.9 Å². The summed E-state index contributed by atoms with van der Waals surface area (Å²) in [6, 6.07) is 10.8. The number of nitrogens with two attached hydrogens (primary N) is 2. The molecule has 1 amide bonds. The minimum absolute atomic E-state index is 0.0168. The molecule has 1 unspecified atom stereocenters. The number of benzene rings is 1. The normalized spacial score (nSPS) is 11.8. The summed E-state index contributed by atoms with van der Waals surface area (Å²) in [7, 11) is 0. The predicted molar refractivity (Wildman–Crippen MR) is 75.6 cm³/mol. The molecule has 1 heterocycles. The molecule has 0 radical (unpaired) electrons. The number of aromatic nitrogens is 1. The lowest BCUT2D eigenvalue weighted by Crippen LogP contribution is -2.13. The maximum absolute atomic E-state index is 11.1. The van der Waals surface area contributed by atoms with Crippen LogP contribution < -0.4 is 16.8 Å². The van der Waals surface area contributed by atoms with Crippen LogP contribution in [-0.2, 0) is 0 Å². The first-order valence-electron chi connectivity index (χ1n) is 5.94. The van der Waals surface area contributed by atoms with E-state index in [1.165, 1.54) is 0 Å². The molecule has 0 aliphatic rings. The van der Waals surface area contributed by atoms with Gasteiger partial charge in [-0.05, 0) is 30.7 Å². The lowest BCUT2D eigenvalue weighted by atomic mass is 10.1. The topological polar surface area (TPSA) is 94.0 Å². The highest BCUT2D eigenvalue weighted by molar-refractivity contribution is 5.93. The Kier molecular flexibility index (Phi) is 3.66. The zero-order valence-electron chi connectivity index (χ0n) is 10.6. The summed E-state index contributed by atoms with van der Waals surface area (Å²) in [6.45, 7) is 1.98. The molecule has 1 aromatic carbocycles. The molecule has 0 saturated carbocycles. The molecular formula is C14H16N4O. The van der Waals surface area contributed by atoms with Gasteiger partial charge in [-0.15, -0.1) is 0 Å². The van der Waals surface area contributed by atoms with E-state index >= 15 is 0 Å². The number of hydrogen-bond acceptors (Lipinski definition) is 4. The molecule has 2 rings (SSSR count). The zero-order chi connectivity index (χ0) is 13.8. The van der Waals surface area contributed by atoms with E-state index in [2.05, 4.69) is 10.3 Å². The van der Waals surface area contributed by atoms with Gasteiger partial charge in [-0.3, -0.25) is 4.79 Å². The van der Waals surface area contributed by atoms with Crippen molar-refractivity contribution >= 4 is 17.4 Å². The lowest BCUT2D eigenvalue weighted by Gasteiger charge is -2.17. The molecule has 5 N–H and O–H groups in total. The maximum Gasteiger partial charge on any atom is 0.248 e. The van der Waals surface area contributed by atoms with Crippen molar-refractivity contribution in [1.29, 1.82) is 0 Å². The number of nitrogen functional groups attached to an aromatic ring is 1. The van der Waals surface area contributed by atoms with E-state index in [-0.39, 0.29) is 6.04 Å². The van der Waals surface area contributed by atoms with E-state index in [0.717, 1.165) is 5.56 Å². The number of hydrogen-bond donors (Lipinski definition) is 3. The first kappa shape index (κ1) is 12.9. The number of pyridine rings is 1. The molecule has 0 fully saturated rings. The molecule has 2 aromatic rings. The molecule has 0 aliphatic heterocycles. The van der Waals surface area contributed by atoms with Crippen molar-refractivity contribution in [2.75, 3.05) is 11.1 Å². The first-order chi connectivity index (χ1) is 9.08. The van der Waals surface area contributed by atoms with Crippen LogP contribution in [0.25, 0.3) is 0 Å². The quantitative estimate of drug-likeness (QED) is 0.728. The Bertz CT molecular complexity index is 598. The van der Waals surface area contributed by atoms with Crippen molar-refractivity contribution in [2.45, 2.75) is 13.0 Å². The number of rotatable bonds is 4. The average molecular weight is 256 g/mol. The smallest absolute Gasteiger partial charge is 0.248 e. The summed E-state index contributed by atoms with van der Waals surface area (Å²) < 4.78 is 0. The SMILES string of the molecule is CC(Nc1cc(C(N)=O)ccn1)c1ccccc1N. The average Bonchev–Trinajstić information content (AvgIpc) is 2.39. The van der Waals surface area contributed by atoms with E-state index in [1.807, 2.05) is 31.2 Å². The van der Waals surface area contributed by atoms with Gasteiger partial charge in [-0.1, -0.05) is 18.2 Å². The molecule has 98 valence electrons. The number of primary amides is 1. The molecule has 19 heavy (non-hydrogen) atoms. The zero-order valence-corrected chi connectivity index (χ0v) is 10.6. The third-order valence-corrected chi connectivity index (χ3v) is 2.87. The molecule has 1 atom stereocenters. The number of nitrogens with zero attached hydrogens (tertiary/aromatic N) is 1. The second kappa shape index (κ2) is 5.39. The largest absolute Gasteiger partial charge is 0.398 e. The minimum Gasteiger partial charge on any atom is -0.398 e. The summed E-state index contributed by atoms with van der Waals surface area (Å²) >= 11 is 0. The summed E-state index contributed by atoms with van der Waals surface area (Å²) in [5.41, 5.74) is 13.3. The number of para-hydroxylation sites is 1. The Morgan fingerprint density at radius 2 is 2.05 bits per heavy atom. The Morgan fingerprint density at radius 1 is 1.32 bits per heavy atom. The van der Waals surface area contributed by atoms with Gasteiger partial charge < -0.3 is 16.8 Å². The van der Waals surface area contributed by atoms with Gasteiger partial charge in [-0.25, -0.2) is 4.98 Å².